The van der Waals surface area contributed by atoms with Gasteiger partial charge in [-0.25, -0.2) is 8.78 Å². The fourth-order valence-electron chi connectivity index (χ4n) is 2.46. The van der Waals surface area contributed by atoms with Gasteiger partial charge in [-0.1, -0.05) is 27.6 Å². The van der Waals surface area contributed by atoms with Gasteiger partial charge >= 0.3 is 0 Å². The molecule has 0 radical (unpaired) electrons. The fourth-order valence-corrected chi connectivity index (χ4v) is 2.86. The maximum absolute atomic E-state index is 13.8. The Kier molecular flexibility index (Phi) is 5.76. The molecule has 1 fully saturated rings. The molecule has 0 spiro atoms. The van der Waals surface area contributed by atoms with E-state index in [9.17, 15) is 8.78 Å². The van der Waals surface area contributed by atoms with Gasteiger partial charge in [0, 0.05) is 30.1 Å². The molecule has 1 aliphatic rings. The van der Waals surface area contributed by atoms with E-state index >= 15 is 0 Å². The van der Waals surface area contributed by atoms with E-state index in [1.165, 1.54) is 17.7 Å². The summed E-state index contributed by atoms with van der Waals surface area (Å²) in [4.78, 5) is 2.36. The lowest BCUT2D eigenvalue weighted by molar-refractivity contribution is 0.239. The molecule has 116 valence electrons. The van der Waals surface area contributed by atoms with E-state index in [0.29, 0.717) is 4.47 Å². The average molecular weight is 359 g/mol. The zero-order chi connectivity index (χ0) is 15.4. The molecule has 2 rings (SSSR count). The van der Waals surface area contributed by atoms with Crippen LogP contribution < -0.4 is 5.32 Å². The number of hydrogen-bond donors (Lipinski definition) is 1. The van der Waals surface area contributed by atoms with Gasteiger partial charge in [-0.05, 0) is 38.8 Å². The molecule has 1 N–H and O–H groups in total. The Labute approximate surface area is 133 Å². The summed E-state index contributed by atoms with van der Waals surface area (Å²) in [6.07, 6.45) is 4.00. The summed E-state index contributed by atoms with van der Waals surface area (Å²) in [6, 6.07) is 2.70. The van der Waals surface area contributed by atoms with Crippen LogP contribution in [0.25, 0.3) is 0 Å². The average Bonchev–Trinajstić information content (AvgIpc) is 2.41. The van der Waals surface area contributed by atoms with Gasteiger partial charge in [-0.3, -0.25) is 4.90 Å². The van der Waals surface area contributed by atoms with Crippen LogP contribution in [0.5, 0.6) is 0 Å². The third-order valence-electron chi connectivity index (χ3n) is 3.70. The summed E-state index contributed by atoms with van der Waals surface area (Å²) in [5, 5.41) is 3.02. The molecule has 0 unspecified atom stereocenters. The SMILES string of the molecule is CC(C)=CCN1CCC(Nc2c(F)cc(Br)cc2F)CC1. The molecule has 0 aliphatic carbocycles. The minimum atomic E-state index is -0.547. The van der Waals surface area contributed by atoms with Crippen LogP contribution in [0.1, 0.15) is 26.7 Å². The molecule has 0 atom stereocenters. The summed E-state index contributed by atoms with van der Waals surface area (Å²) in [7, 11) is 0. The number of nitrogens with one attached hydrogen (secondary N) is 1. The van der Waals surface area contributed by atoms with Crippen molar-refractivity contribution in [2.24, 2.45) is 0 Å². The zero-order valence-corrected chi connectivity index (χ0v) is 14.0. The molecule has 1 aliphatic heterocycles. The summed E-state index contributed by atoms with van der Waals surface area (Å²) in [5.41, 5.74) is 1.30. The Bertz CT molecular complexity index is 496. The van der Waals surface area contributed by atoms with Crippen molar-refractivity contribution in [3.63, 3.8) is 0 Å². The lowest BCUT2D eigenvalue weighted by Gasteiger charge is -2.32. The first kappa shape index (κ1) is 16.4. The van der Waals surface area contributed by atoms with Crippen molar-refractivity contribution < 1.29 is 8.78 Å². The van der Waals surface area contributed by atoms with Crippen LogP contribution in [0.15, 0.2) is 28.3 Å². The highest BCUT2D eigenvalue weighted by molar-refractivity contribution is 9.10. The molecule has 2 nitrogen and oxygen atoms in total. The predicted molar refractivity (Wildman–Crippen MR) is 86.6 cm³/mol. The monoisotopic (exact) mass is 358 g/mol. The van der Waals surface area contributed by atoms with Crippen molar-refractivity contribution in [2.75, 3.05) is 25.0 Å². The number of halogens is 3. The summed E-state index contributed by atoms with van der Waals surface area (Å²) in [6.45, 7) is 7.03. The van der Waals surface area contributed by atoms with Crippen LogP contribution in [0.2, 0.25) is 0 Å². The zero-order valence-electron chi connectivity index (χ0n) is 12.4. The third-order valence-corrected chi connectivity index (χ3v) is 4.16. The van der Waals surface area contributed by atoms with Gasteiger partial charge < -0.3 is 5.32 Å². The highest BCUT2D eigenvalue weighted by atomic mass is 79.9. The van der Waals surface area contributed by atoms with Crippen LogP contribution in [0, 0.1) is 11.6 Å². The Morgan fingerprint density at radius 3 is 2.38 bits per heavy atom. The van der Waals surface area contributed by atoms with E-state index in [0.717, 1.165) is 32.5 Å². The normalized spacial score (nSPS) is 16.8. The van der Waals surface area contributed by atoms with Crippen molar-refractivity contribution >= 4 is 21.6 Å². The largest absolute Gasteiger partial charge is 0.377 e. The summed E-state index contributed by atoms with van der Waals surface area (Å²) < 4.78 is 28.0. The predicted octanol–water partition coefficient (Wildman–Crippen LogP) is 4.57. The van der Waals surface area contributed by atoms with Crippen molar-refractivity contribution in [3.8, 4) is 0 Å². The van der Waals surface area contributed by atoms with Gasteiger partial charge in [0.05, 0.1) is 0 Å². The molecule has 1 saturated heterocycles. The highest BCUT2D eigenvalue weighted by Gasteiger charge is 2.21. The number of benzene rings is 1. The van der Waals surface area contributed by atoms with E-state index in [1.807, 2.05) is 0 Å². The quantitative estimate of drug-likeness (QED) is 0.793. The minimum absolute atomic E-state index is 0.0130. The van der Waals surface area contributed by atoms with Crippen molar-refractivity contribution in [3.05, 3.63) is 39.9 Å². The molecular formula is C16H21BrF2N2. The second-order valence-corrected chi connectivity index (χ2v) is 6.66. The van der Waals surface area contributed by atoms with Gasteiger partial charge in [0.25, 0.3) is 0 Å². The minimum Gasteiger partial charge on any atom is -0.377 e. The molecule has 1 aromatic carbocycles. The third kappa shape index (κ3) is 4.78. The van der Waals surface area contributed by atoms with E-state index in [2.05, 4.69) is 46.1 Å². The summed E-state index contributed by atoms with van der Waals surface area (Å²) in [5.74, 6) is -1.09. The van der Waals surface area contributed by atoms with Gasteiger partial charge in [-0.15, -0.1) is 0 Å². The summed E-state index contributed by atoms with van der Waals surface area (Å²) >= 11 is 3.09. The highest BCUT2D eigenvalue weighted by Crippen LogP contribution is 2.26. The molecule has 1 heterocycles. The lowest BCUT2D eigenvalue weighted by atomic mass is 10.0. The van der Waals surface area contributed by atoms with Gasteiger partial charge in [-0.2, -0.15) is 0 Å². The first-order chi connectivity index (χ1) is 9.95. The standard InChI is InChI=1S/C16H21BrF2N2/c1-11(2)3-6-21-7-4-13(5-8-21)20-16-14(18)9-12(17)10-15(16)19/h3,9-10,13,20H,4-8H2,1-2H3. The van der Waals surface area contributed by atoms with E-state index in [4.69, 9.17) is 0 Å². The van der Waals surface area contributed by atoms with Crippen molar-refractivity contribution in [2.45, 2.75) is 32.7 Å². The van der Waals surface area contributed by atoms with Crippen LogP contribution in [-0.4, -0.2) is 30.6 Å². The Morgan fingerprint density at radius 2 is 1.86 bits per heavy atom. The Morgan fingerprint density at radius 1 is 1.29 bits per heavy atom. The molecule has 0 aromatic heterocycles. The number of allylic oxidation sites excluding steroid dienone is 1. The fraction of sp³-hybridized carbons (Fsp3) is 0.500. The maximum atomic E-state index is 13.8. The smallest absolute Gasteiger partial charge is 0.150 e. The van der Waals surface area contributed by atoms with Crippen molar-refractivity contribution in [1.82, 2.24) is 4.90 Å². The molecule has 1 aromatic rings. The van der Waals surface area contributed by atoms with Crippen LogP contribution in [0.4, 0.5) is 14.5 Å². The molecule has 0 saturated carbocycles. The number of nitrogens with zero attached hydrogens (tertiary/aromatic N) is 1. The Balaban J connectivity index is 1.91. The van der Waals surface area contributed by atoms with Gasteiger partial charge in [0.15, 0.2) is 0 Å². The van der Waals surface area contributed by atoms with Gasteiger partial charge in [0.2, 0.25) is 0 Å². The number of anilines is 1. The molecule has 5 heteroatoms. The number of rotatable bonds is 4. The van der Waals surface area contributed by atoms with Gasteiger partial charge in [0.1, 0.15) is 17.3 Å². The first-order valence-electron chi connectivity index (χ1n) is 7.22. The van der Waals surface area contributed by atoms with Crippen LogP contribution in [-0.2, 0) is 0 Å². The van der Waals surface area contributed by atoms with Crippen molar-refractivity contribution in [1.29, 1.82) is 0 Å². The second kappa shape index (κ2) is 7.36. The lowest BCUT2D eigenvalue weighted by Crippen LogP contribution is -2.39. The molecular weight excluding hydrogens is 338 g/mol. The van der Waals surface area contributed by atoms with Crippen LogP contribution in [0.3, 0.4) is 0 Å². The first-order valence-corrected chi connectivity index (χ1v) is 8.02. The number of hydrogen-bond acceptors (Lipinski definition) is 2. The molecule has 0 bridgehead atoms. The number of piperidine rings is 1. The molecule has 21 heavy (non-hydrogen) atoms. The van der Waals surface area contributed by atoms with Crippen LogP contribution >= 0.6 is 15.9 Å². The van der Waals surface area contributed by atoms with E-state index < -0.39 is 11.6 Å². The topological polar surface area (TPSA) is 15.3 Å². The van der Waals surface area contributed by atoms with E-state index in [-0.39, 0.29) is 11.7 Å². The number of likely N-dealkylation sites (tertiary alicyclic amines) is 1. The second-order valence-electron chi connectivity index (χ2n) is 5.75. The molecule has 0 amide bonds. The maximum Gasteiger partial charge on any atom is 0.150 e. The van der Waals surface area contributed by atoms with E-state index in [1.54, 1.807) is 0 Å². The Hall–Kier alpha value is -0.940.